The molecule has 6 heteroatoms. The van der Waals surface area contributed by atoms with Crippen LogP contribution in [0.1, 0.15) is 29.8 Å². The molecule has 134 valence electrons. The molecule has 26 heavy (non-hydrogen) atoms. The van der Waals surface area contributed by atoms with E-state index in [1.165, 1.54) is 18.1 Å². The van der Waals surface area contributed by atoms with Crippen LogP contribution in [-0.4, -0.2) is 36.5 Å². The first-order chi connectivity index (χ1) is 12.4. The van der Waals surface area contributed by atoms with E-state index in [2.05, 4.69) is 16.2 Å². The second kappa shape index (κ2) is 8.67. The number of carbonyl (C=O) groups excluding carboxylic acids is 2. The maximum absolute atomic E-state index is 12.9. The SMILES string of the molecule is C#Cc1cccc(N(CC(=O)NC)C(=O)c2ccc(OC(C)C)nc2)c1. The molecule has 0 aliphatic heterocycles. The van der Waals surface area contributed by atoms with Gasteiger partial charge in [0.2, 0.25) is 11.8 Å². The third-order valence-corrected chi connectivity index (χ3v) is 3.49. The van der Waals surface area contributed by atoms with E-state index >= 15 is 0 Å². The monoisotopic (exact) mass is 351 g/mol. The Bertz CT molecular complexity index is 823. The van der Waals surface area contributed by atoms with Crippen molar-refractivity contribution in [3.05, 3.63) is 53.7 Å². The molecule has 0 saturated heterocycles. The zero-order valence-electron chi connectivity index (χ0n) is 15.0. The van der Waals surface area contributed by atoms with Crippen LogP contribution in [0.4, 0.5) is 5.69 Å². The predicted octanol–water partition coefficient (Wildman–Crippen LogP) is 2.24. The molecule has 0 saturated carbocycles. The number of nitrogens with zero attached hydrogens (tertiary/aromatic N) is 2. The normalized spacial score (nSPS) is 10.1. The van der Waals surface area contributed by atoms with Gasteiger partial charge in [-0.25, -0.2) is 4.98 Å². The number of hydrogen-bond acceptors (Lipinski definition) is 4. The van der Waals surface area contributed by atoms with Crippen LogP contribution < -0.4 is 15.0 Å². The molecule has 6 nitrogen and oxygen atoms in total. The van der Waals surface area contributed by atoms with Crippen LogP contribution in [0, 0.1) is 12.3 Å². The Kier molecular flexibility index (Phi) is 6.34. The Labute approximate surface area is 153 Å². The number of pyridine rings is 1. The minimum absolute atomic E-state index is 0.0136. The molecule has 2 amide bonds. The second-order valence-corrected chi connectivity index (χ2v) is 5.81. The van der Waals surface area contributed by atoms with Gasteiger partial charge < -0.3 is 10.1 Å². The van der Waals surface area contributed by atoms with E-state index in [4.69, 9.17) is 11.2 Å². The summed E-state index contributed by atoms with van der Waals surface area (Å²) in [7, 11) is 1.52. The molecule has 0 aliphatic rings. The van der Waals surface area contributed by atoms with Crippen LogP contribution in [-0.2, 0) is 4.79 Å². The van der Waals surface area contributed by atoms with Crippen LogP contribution in [0.2, 0.25) is 0 Å². The summed E-state index contributed by atoms with van der Waals surface area (Å²) in [5, 5.41) is 2.52. The van der Waals surface area contributed by atoms with Gasteiger partial charge in [-0.05, 0) is 38.1 Å². The van der Waals surface area contributed by atoms with Crippen molar-refractivity contribution in [2.45, 2.75) is 20.0 Å². The van der Waals surface area contributed by atoms with Crippen LogP contribution in [0.3, 0.4) is 0 Å². The third-order valence-electron chi connectivity index (χ3n) is 3.49. The lowest BCUT2D eigenvalue weighted by Crippen LogP contribution is -2.39. The fourth-order valence-electron chi connectivity index (χ4n) is 2.24. The number of rotatable bonds is 6. The molecular formula is C20H21N3O3. The molecule has 1 heterocycles. The van der Waals surface area contributed by atoms with Crippen molar-refractivity contribution in [1.29, 1.82) is 0 Å². The molecule has 0 bridgehead atoms. The van der Waals surface area contributed by atoms with E-state index in [-0.39, 0.29) is 24.5 Å². The van der Waals surface area contributed by atoms with Crippen molar-refractivity contribution < 1.29 is 14.3 Å². The van der Waals surface area contributed by atoms with Gasteiger partial charge in [-0.2, -0.15) is 0 Å². The van der Waals surface area contributed by atoms with Gasteiger partial charge in [0.05, 0.1) is 11.7 Å². The summed E-state index contributed by atoms with van der Waals surface area (Å²) < 4.78 is 5.48. The Hall–Kier alpha value is -3.33. The molecular weight excluding hydrogens is 330 g/mol. The zero-order valence-corrected chi connectivity index (χ0v) is 15.0. The zero-order chi connectivity index (χ0) is 19.1. The number of amides is 2. The number of hydrogen-bond donors (Lipinski definition) is 1. The van der Waals surface area contributed by atoms with Crippen molar-refractivity contribution in [1.82, 2.24) is 10.3 Å². The molecule has 2 aromatic rings. The molecule has 0 aliphatic carbocycles. The summed E-state index contributed by atoms with van der Waals surface area (Å²) in [6, 6.07) is 10.2. The lowest BCUT2D eigenvalue weighted by molar-refractivity contribution is -0.119. The number of ether oxygens (including phenoxy) is 1. The van der Waals surface area contributed by atoms with E-state index in [1.807, 2.05) is 13.8 Å². The van der Waals surface area contributed by atoms with Gasteiger partial charge in [0.1, 0.15) is 6.54 Å². The maximum Gasteiger partial charge on any atom is 0.260 e. The second-order valence-electron chi connectivity index (χ2n) is 5.81. The van der Waals surface area contributed by atoms with Gasteiger partial charge in [0, 0.05) is 30.6 Å². The summed E-state index contributed by atoms with van der Waals surface area (Å²) in [5.41, 5.74) is 1.50. The summed E-state index contributed by atoms with van der Waals surface area (Å²) in [5.74, 6) is 2.31. The van der Waals surface area contributed by atoms with Crippen LogP contribution >= 0.6 is 0 Å². The molecule has 1 N–H and O–H groups in total. The van der Waals surface area contributed by atoms with E-state index in [9.17, 15) is 9.59 Å². The number of carbonyl (C=O) groups is 2. The van der Waals surface area contributed by atoms with Gasteiger partial charge in [0.25, 0.3) is 5.91 Å². The van der Waals surface area contributed by atoms with E-state index in [0.29, 0.717) is 22.7 Å². The fourth-order valence-corrected chi connectivity index (χ4v) is 2.24. The molecule has 1 aromatic heterocycles. The van der Waals surface area contributed by atoms with Crippen LogP contribution in [0.15, 0.2) is 42.6 Å². The van der Waals surface area contributed by atoms with E-state index in [0.717, 1.165) is 0 Å². The number of benzene rings is 1. The van der Waals surface area contributed by atoms with Crippen molar-refractivity contribution >= 4 is 17.5 Å². The summed E-state index contributed by atoms with van der Waals surface area (Å²) in [4.78, 5) is 30.3. The smallest absolute Gasteiger partial charge is 0.260 e. The molecule has 0 unspecified atom stereocenters. The minimum Gasteiger partial charge on any atom is -0.475 e. The molecule has 0 radical (unpaired) electrons. The molecule has 1 aromatic carbocycles. The Morgan fingerprint density at radius 1 is 1.31 bits per heavy atom. The molecule has 0 spiro atoms. The largest absolute Gasteiger partial charge is 0.475 e. The Morgan fingerprint density at radius 2 is 2.08 bits per heavy atom. The minimum atomic E-state index is -0.355. The topological polar surface area (TPSA) is 71.5 Å². The third kappa shape index (κ3) is 4.84. The average molecular weight is 351 g/mol. The maximum atomic E-state index is 12.9. The van der Waals surface area contributed by atoms with Gasteiger partial charge >= 0.3 is 0 Å². The van der Waals surface area contributed by atoms with Crippen molar-refractivity contribution in [2.75, 3.05) is 18.5 Å². The number of terminal acetylenes is 1. The summed E-state index contributed by atoms with van der Waals surface area (Å²) in [6.07, 6.45) is 6.85. The van der Waals surface area contributed by atoms with Crippen molar-refractivity contribution in [3.63, 3.8) is 0 Å². The van der Waals surface area contributed by atoms with E-state index in [1.54, 1.807) is 36.4 Å². The van der Waals surface area contributed by atoms with Crippen LogP contribution in [0.5, 0.6) is 5.88 Å². The molecule has 2 rings (SSSR count). The lowest BCUT2D eigenvalue weighted by atomic mass is 10.1. The highest BCUT2D eigenvalue weighted by Gasteiger charge is 2.21. The summed E-state index contributed by atoms with van der Waals surface area (Å²) in [6.45, 7) is 3.65. The lowest BCUT2D eigenvalue weighted by Gasteiger charge is -2.22. The van der Waals surface area contributed by atoms with E-state index < -0.39 is 0 Å². The number of anilines is 1. The van der Waals surface area contributed by atoms with Gasteiger partial charge in [-0.1, -0.05) is 12.0 Å². The molecule has 0 fully saturated rings. The molecule has 0 atom stereocenters. The highest BCUT2D eigenvalue weighted by atomic mass is 16.5. The van der Waals surface area contributed by atoms with Crippen molar-refractivity contribution in [3.8, 4) is 18.2 Å². The van der Waals surface area contributed by atoms with Gasteiger partial charge in [-0.3, -0.25) is 14.5 Å². The van der Waals surface area contributed by atoms with Gasteiger partial charge in [-0.15, -0.1) is 6.42 Å². The average Bonchev–Trinajstić information content (AvgIpc) is 2.65. The first kappa shape index (κ1) is 19.0. The number of nitrogens with one attached hydrogen (secondary N) is 1. The first-order valence-electron chi connectivity index (χ1n) is 8.16. The quantitative estimate of drug-likeness (QED) is 0.810. The first-order valence-corrected chi connectivity index (χ1v) is 8.16. The fraction of sp³-hybridized carbons (Fsp3) is 0.250. The standard InChI is InChI=1S/C20H21N3O3/c1-5-15-7-6-8-17(11-15)23(13-18(24)21-4)20(25)16-9-10-19(22-12-16)26-14(2)3/h1,6-12,14H,13H2,2-4H3,(H,21,24). The summed E-state index contributed by atoms with van der Waals surface area (Å²) >= 11 is 0. The van der Waals surface area contributed by atoms with Gasteiger partial charge in [0.15, 0.2) is 0 Å². The predicted molar refractivity (Wildman–Crippen MR) is 100 cm³/mol. The Morgan fingerprint density at radius 3 is 2.65 bits per heavy atom. The highest BCUT2D eigenvalue weighted by molar-refractivity contribution is 6.08. The van der Waals surface area contributed by atoms with Crippen LogP contribution in [0.25, 0.3) is 0 Å². The number of aromatic nitrogens is 1. The van der Waals surface area contributed by atoms with Crippen molar-refractivity contribution in [2.24, 2.45) is 0 Å². The number of likely N-dealkylation sites (N-methyl/N-ethyl adjacent to an activating group) is 1. The highest BCUT2D eigenvalue weighted by Crippen LogP contribution is 2.19. The Balaban J connectivity index is 2.33.